The fourth-order valence-electron chi connectivity index (χ4n) is 4.68. The Hall–Kier alpha value is -3.27. The number of anilines is 1. The SMILES string of the molecule is CC(=O)OCCOc1ccc(-c2ccc(C)cc2)cc1-c1ccc(N2CCCC2)c(C(C)(C)C)c1. The minimum Gasteiger partial charge on any atom is -0.489 e. The number of rotatable bonds is 7. The van der Waals surface area contributed by atoms with Crippen molar-refractivity contribution in [3.05, 3.63) is 71.8 Å². The first kappa shape index (κ1) is 24.8. The molecule has 4 heteroatoms. The van der Waals surface area contributed by atoms with Gasteiger partial charge in [-0.3, -0.25) is 4.79 Å². The largest absolute Gasteiger partial charge is 0.489 e. The van der Waals surface area contributed by atoms with Crippen molar-refractivity contribution in [1.29, 1.82) is 0 Å². The molecule has 0 radical (unpaired) electrons. The third-order valence-electron chi connectivity index (χ3n) is 6.57. The molecular formula is C31H37NO3. The number of esters is 1. The van der Waals surface area contributed by atoms with Gasteiger partial charge in [0, 0.05) is 31.3 Å². The zero-order valence-corrected chi connectivity index (χ0v) is 21.7. The third kappa shape index (κ3) is 6.05. The van der Waals surface area contributed by atoms with Crippen molar-refractivity contribution in [2.75, 3.05) is 31.2 Å². The van der Waals surface area contributed by atoms with Gasteiger partial charge in [-0.1, -0.05) is 62.7 Å². The van der Waals surface area contributed by atoms with Crippen LogP contribution in [0.15, 0.2) is 60.7 Å². The lowest BCUT2D eigenvalue weighted by molar-refractivity contribution is -0.141. The van der Waals surface area contributed by atoms with E-state index >= 15 is 0 Å². The number of carbonyl (C=O) groups excluding carboxylic acids is 1. The maximum Gasteiger partial charge on any atom is 0.302 e. The molecule has 3 aromatic carbocycles. The zero-order chi connectivity index (χ0) is 25.0. The molecule has 0 aromatic heterocycles. The van der Waals surface area contributed by atoms with Crippen molar-refractivity contribution < 1.29 is 14.3 Å². The van der Waals surface area contributed by atoms with E-state index in [0.29, 0.717) is 6.61 Å². The smallest absolute Gasteiger partial charge is 0.302 e. The molecule has 0 N–H and O–H groups in total. The van der Waals surface area contributed by atoms with Gasteiger partial charge in [-0.2, -0.15) is 0 Å². The molecule has 1 saturated heterocycles. The van der Waals surface area contributed by atoms with Gasteiger partial charge in [0.25, 0.3) is 0 Å². The van der Waals surface area contributed by atoms with Gasteiger partial charge >= 0.3 is 5.97 Å². The van der Waals surface area contributed by atoms with Gasteiger partial charge < -0.3 is 14.4 Å². The van der Waals surface area contributed by atoms with Crippen LogP contribution in [0.1, 0.15) is 51.7 Å². The molecule has 4 rings (SSSR count). The quantitative estimate of drug-likeness (QED) is 0.270. The van der Waals surface area contributed by atoms with Gasteiger partial charge in [-0.25, -0.2) is 0 Å². The molecule has 0 spiro atoms. The number of nitrogens with zero attached hydrogens (tertiary/aromatic N) is 1. The van der Waals surface area contributed by atoms with E-state index in [2.05, 4.69) is 87.2 Å². The van der Waals surface area contributed by atoms with E-state index in [1.165, 1.54) is 42.1 Å². The fraction of sp³-hybridized carbons (Fsp3) is 0.387. The molecule has 3 aromatic rings. The maximum atomic E-state index is 11.2. The Balaban J connectivity index is 1.76. The molecule has 1 aliphatic rings. The Morgan fingerprint density at radius 1 is 0.857 bits per heavy atom. The molecule has 4 nitrogen and oxygen atoms in total. The molecule has 1 heterocycles. The van der Waals surface area contributed by atoms with Crippen LogP contribution in [0.4, 0.5) is 5.69 Å². The van der Waals surface area contributed by atoms with Crippen LogP contribution < -0.4 is 9.64 Å². The summed E-state index contributed by atoms with van der Waals surface area (Å²) < 4.78 is 11.2. The summed E-state index contributed by atoms with van der Waals surface area (Å²) in [6.07, 6.45) is 2.51. The maximum absolute atomic E-state index is 11.2. The van der Waals surface area contributed by atoms with Crippen molar-refractivity contribution in [2.45, 2.75) is 52.9 Å². The van der Waals surface area contributed by atoms with Crippen LogP contribution in [0.5, 0.6) is 5.75 Å². The molecule has 0 atom stereocenters. The standard InChI is InChI=1S/C31H37NO3/c1-22-8-10-24(11-9-22)25-13-15-30(35-19-18-34-23(2)33)27(20-25)26-12-14-29(32-16-6-7-17-32)28(21-26)31(3,4)5/h8-15,20-21H,6-7,16-19H2,1-5H3. The highest BCUT2D eigenvalue weighted by atomic mass is 16.6. The minimum absolute atomic E-state index is 0.0127. The Labute approximate surface area is 209 Å². The van der Waals surface area contributed by atoms with Crippen LogP contribution in [0.2, 0.25) is 0 Å². The summed E-state index contributed by atoms with van der Waals surface area (Å²) in [4.78, 5) is 13.7. The topological polar surface area (TPSA) is 38.8 Å². The summed E-state index contributed by atoms with van der Waals surface area (Å²) in [5.41, 5.74) is 8.44. The first-order valence-electron chi connectivity index (χ1n) is 12.6. The van der Waals surface area contributed by atoms with Crippen molar-refractivity contribution in [2.24, 2.45) is 0 Å². The number of benzene rings is 3. The van der Waals surface area contributed by atoms with Crippen molar-refractivity contribution >= 4 is 11.7 Å². The Morgan fingerprint density at radius 3 is 2.17 bits per heavy atom. The zero-order valence-electron chi connectivity index (χ0n) is 21.7. The second-order valence-electron chi connectivity index (χ2n) is 10.4. The van der Waals surface area contributed by atoms with Crippen LogP contribution in [0.25, 0.3) is 22.3 Å². The summed E-state index contributed by atoms with van der Waals surface area (Å²) in [5, 5.41) is 0. The highest BCUT2D eigenvalue weighted by molar-refractivity contribution is 5.80. The summed E-state index contributed by atoms with van der Waals surface area (Å²) in [6.45, 7) is 13.2. The second-order valence-corrected chi connectivity index (χ2v) is 10.4. The van der Waals surface area contributed by atoms with Crippen molar-refractivity contribution in [1.82, 2.24) is 0 Å². The van der Waals surface area contributed by atoms with Gasteiger partial charge in [0.05, 0.1) is 0 Å². The molecular weight excluding hydrogens is 434 g/mol. The lowest BCUT2D eigenvalue weighted by atomic mass is 9.83. The first-order valence-corrected chi connectivity index (χ1v) is 12.6. The van der Waals surface area contributed by atoms with Crippen LogP contribution in [-0.4, -0.2) is 32.3 Å². The van der Waals surface area contributed by atoms with Crippen molar-refractivity contribution in [3.63, 3.8) is 0 Å². The van der Waals surface area contributed by atoms with Gasteiger partial charge in [-0.05, 0) is 71.7 Å². The van der Waals surface area contributed by atoms with Gasteiger partial charge in [-0.15, -0.1) is 0 Å². The van der Waals surface area contributed by atoms with Gasteiger partial charge in [0.1, 0.15) is 19.0 Å². The molecule has 0 unspecified atom stereocenters. The number of hydrogen-bond acceptors (Lipinski definition) is 4. The summed E-state index contributed by atoms with van der Waals surface area (Å²) in [7, 11) is 0. The van der Waals surface area contributed by atoms with Gasteiger partial charge in [0.15, 0.2) is 0 Å². The average Bonchev–Trinajstić information content (AvgIpc) is 3.36. The Morgan fingerprint density at radius 2 is 1.51 bits per heavy atom. The van der Waals surface area contributed by atoms with E-state index in [0.717, 1.165) is 35.5 Å². The highest BCUT2D eigenvalue weighted by Gasteiger charge is 2.24. The Kier molecular flexibility index (Phi) is 7.49. The normalized spacial score (nSPS) is 13.7. The average molecular weight is 472 g/mol. The summed E-state index contributed by atoms with van der Waals surface area (Å²) in [5.74, 6) is 0.498. The van der Waals surface area contributed by atoms with E-state index in [4.69, 9.17) is 9.47 Å². The Bertz CT molecular complexity index is 1170. The predicted octanol–water partition coefficient (Wildman–Crippen LogP) is 7.17. The molecule has 1 fully saturated rings. The van der Waals surface area contributed by atoms with E-state index in [-0.39, 0.29) is 18.0 Å². The lowest BCUT2D eigenvalue weighted by Gasteiger charge is -2.29. The summed E-state index contributed by atoms with van der Waals surface area (Å²) in [6, 6.07) is 21.8. The fourth-order valence-corrected chi connectivity index (χ4v) is 4.68. The molecule has 35 heavy (non-hydrogen) atoms. The van der Waals surface area contributed by atoms with E-state index in [9.17, 15) is 4.79 Å². The predicted molar refractivity (Wildman–Crippen MR) is 144 cm³/mol. The highest BCUT2D eigenvalue weighted by Crippen LogP contribution is 2.40. The molecule has 0 aliphatic carbocycles. The molecule has 1 aliphatic heterocycles. The number of aryl methyl sites for hydroxylation is 1. The number of ether oxygens (including phenoxy) is 2. The lowest BCUT2D eigenvalue weighted by Crippen LogP contribution is -2.23. The van der Waals surface area contributed by atoms with Crippen LogP contribution >= 0.6 is 0 Å². The van der Waals surface area contributed by atoms with Crippen LogP contribution in [0.3, 0.4) is 0 Å². The molecule has 184 valence electrons. The van der Waals surface area contributed by atoms with Gasteiger partial charge in [0.2, 0.25) is 0 Å². The monoisotopic (exact) mass is 471 g/mol. The molecule has 0 bridgehead atoms. The molecule has 0 saturated carbocycles. The van der Waals surface area contributed by atoms with Crippen LogP contribution in [-0.2, 0) is 14.9 Å². The number of hydrogen-bond donors (Lipinski definition) is 0. The van der Waals surface area contributed by atoms with E-state index in [1.807, 2.05) is 6.07 Å². The van der Waals surface area contributed by atoms with E-state index in [1.54, 1.807) is 0 Å². The number of carbonyl (C=O) groups is 1. The second kappa shape index (κ2) is 10.6. The minimum atomic E-state index is -0.295. The molecule has 0 amide bonds. The summed E-state index contributed by atoms with van der Waals surface area (Å²) >= 11 is 0. The third-order valence-corrected chi connectivity index (χ3v) is 6.57. The van der Waals surface area contributed by atoms with Crippen LogP contribution in [0, 0.1) is 6.92 Å². The first-order chi connectivity index (χ1) is 16.7. The van der Waals surface area contributed by atoms with Crippen molar-refractivity contribution in [3.8, 4) is 28.0 Å². The van der Waals surface area contributed by atoms with E-state index < -0.39 is 0 Å².